The van der Waals surface area contributed by atoms with Gasteiger partial charge in [-0.2, -0.15) is 0 Å². The van der Waals surface area contributed by atoms with Crippen LogP contribution in [-0.2, 0) is 0 Å². The largest absolute Gasteiger partial charge is 0.375 e. The highest BCUT2D eigenvalue weighted by Gasteiger charge is 2.12. The molecule has 17 heavy (non-hydrogen) atoms. The van der Waals surface area contributed by atoms with Crippen molar-refractivity contribution in [2.45, 2.75) is 19.9 Å². The number of aryl methyl sites for hydroxylation is 1. The fraction of sp³-hybridized carbons (Fsp3) is 0.273. The van der Waals surface area contributed by atoms with Gasteiger partial charge in [0.2, 0.25) is 0 Å². The van der Waals surface area contributed by atoms with E-state index in [1.165, 1.54) is 0 Å². The molecule has 0 saturated carbocycles. The van der Waals surface area contributed by atoms with Crippen molar-refractivity contribution in [1.82, 2.24) is 9.97 Å². The van der Waals surface area contributed by atoms with Gasteiger partial charge in [0.25, 0.3) is 0 Å². The molecule has 0 aliphatic heterocycles. The van der Waals surface area contributed by atoms with Gasteiger partial charge >= 0.3 is 0 Å². The molecule has 2 aromatic heterocycles. The maximum absolute atomic E-state index is 6.07. The van der Waals surface area contributed by atoms with E-state index in [-0.39, 0.29) is 6.04 Å². The summed E-state index contributed by atoms with van der Waals surface area (Å²) in [4.78, 5) is 9.23. The van der Waals surface area contributed by atoms with Crippen molar-refractivity contribution in [3.8, 4) is 0 Å². The molecule has 2 heterocycles. The Hall–Kier alpha value is -0.840. The summed E-state index contributed by atoms with van der Waals surface area (Å²) in [5.41, 5.74) is 3.60. The minimum Gasteiger partial charge on any atom is -0.375 e. The first-order chi connectivity index (χ1) is 8.08. The number of nitrogens with zero attached hydrogens (tertiary/aromatic N) is 2. The average molecular weight is 288 g/mol. The Bertz CT molecular complexity index is 490. The predicted molar refractivity (Wildman–Crippen MR) is 73.1 cm³/mol. The molecule has 6 heteroatoms. The molecule has 90 valence electrons. The molecule has 0 aliphatic carbocycles. The molecule has 0 fully saturated rings. The van der Waals surface area contributed by atoms with Crippen LogP contribution in [0.1, 0.15) is 23.4 Å². The lowest BCUT2D eigenvalue weighted by Crippen LogP contribution is -2.07. The quantitative estimate of drug-likeness (QED) is 0.854. The third kappa shape index (κ3) is 2.89. The summed E-state index contributed by atoms with van der Waals surface area (Å²) in [6, 6.07) is 1.93. The van der Waals surface area contributed by atoms with Crippen LogP contribution in [0, 0.1) is 6.92 Å². The number of pyridine rings is 1. The molecular weight excluding hydrogens is 277 g/mol. The Morgan fingerprint density at radius 2 is 2.18 bits per heavy atom. The molecule has 1 atom stereocenters. The third-order valence-electron chi connectivity index (χ3n) is 2.38. The first kappa shape index (κ1) is 12.6. The number of aromatic nitrogens is 2. The van der Waals surface area contributed by atoms with Crippen LogP contribution in [0.4, 0.5) is 5.69 Å². The van der Waals surface area contributed by atoms with Crippen LogP contribution in [0.15, 0.2) is 17.8 Å². The highest BCUT2D eigenvalue weighted by molar-refractivity contribution is 7.09. The second-order valence-electron chi connectivity index (χ2n) is 3.70. The van der Waals surface area contributed by atoms with E-state index in [9.17, 15) is 0 Å². The molecule has 0 aromatic carbocycles. The topological polar surface area (TPSA) is 37.8 Å². The van der Waals surface area contributed by atoms with Crippen molar-refractivity contribution in [1.29, 1.82) is 0 Å². The zero-order valence-corrected chi connectivity index (χ0v) is 11.7. The van der Waals surface area contributed by atoms with E-state index in [2.05, 4.69) is 22.2 Å². The molecule has 1 unspecified atom stereocenters. The Morgan fingerprint density at radius 3 is 2.76 bits per heavy atom. The zero-order chi connectivity index (χ0) is 12.4. The van der Waals surface area contributed by atoms with Crippen LogP contribution < -0.4 is 5.32 Å². The van der Waals surface area contributed by atoms with Gasteiger partial charge in [-0.1, -0.05) is 23.2 Å². The Balaban J connectivity index is 2.25. The zero-order valence-electron chi connectivity index (χ0n) is 9.37. The molecule has 2 aromatic rings. The Kier molecular flexibility index (Phi) is 3.86. The lowest BCUT2D eigenvalue weighted by atomic mass is 10.2. The number of thiazole rings is 1. The molecule has 0 bridgehead atoms. The van der Waals surface area contributed by atoms with Crippen molar-refractivity contribution in [2.75, 3.05) is 5.32 Å². The molecule has 0 saturated heterocycles. The molecule has 3 nitrogen and oxygen atoms in total. The van der Waals surface area contributed by atoms with Gasteiger partial charge in [0.1, 0.15) is 5.15 Å². The van der Waals surface area contributed by atoms with Gasteiger partial charge in [0, 0.05) is 11.1 Å². The fourth-order valence-corrected chi connectivity index (χ4v) is 2.71. The molecule has 0 radical (unpaired) electrons. The van der Waals surface area contributed by atoms with Crippen LogP contribution in [0.3, 0.4) is 0 Å². The summed E-state index contributed by atoms with van der Waals surface area (Å²) < 4.78 is 0. The second kappa shape index (κ2) is 5.21. The number of hydrogen-bond donors (Lipinski definition) is 1. The molecule has 0 amide bonds. The standard InChI is InChI=1S/C11H11Cl2N3S/c1-6-3-9(12)16-11(13)10(6)15-7(2)8-4-14-5-17-8/h3-5,7,15H,1-2H3. The van der Waals surface area contributed by atoms with Gasteiger partial charge < -0.3 is 5.32 Å². The van der Waals surface area contributed by atoms with Gasteiger partial charge in [-0.3, -0.25) is 4.98 Å². The Labute approximate surface area is 114 Å². The first-order valence-corrected chi connectivity index (χ1v) is 6.69. The monoisotopic (exact) mass is 287 g/mol. The molecular formula is C11H11Cl2N3S. The Morgan fingerprint density at radius 1 is 1.41 bits per heavy atom. The highest BCUT2D eigenvalue weighted by atomic mass is 35.5. The number of hydrogen-bond acceptors (Lipinski definition) is 4. The van der Waals surface area contributed by atoms with E-state index in [0.29, 0.717) is 10.3 Å². The summed E-state index contributed by atoms with van der Waals surface area (Å²) in [6.07, 6.45) is 1.84. The second-order valence-corrected chi connectivity index (χ2v) is 5.36. The van der Waals surface area contributed by atoms with Crippen LogP contribution in [0.2, 0.25) is 10.3 Å². The number of nitrogens with one attached hydrogen (secondary N) is 1. The van der Waals surface area contributed by atoms with Crippen molar-refractivity contribution in [3.05, 3.63) is 38.5 Å². The maximum Gasteiger partial charge on any atom is 0.154 e. The minimum atomic E-state index is 0.140. The van der Waals surface area contributed by atoms with E-state index in [1.807, 2.05) is 18.6 Å². The number of rotatable bonds is 3. The van der Waals surface area contributed by atoms with E-state index in [1.54, 1.807) is 17.4 Å². The lowest BCUT2D eigenvalue weighted by molar-refractivity contribution is 0.899. The summed E-state index contributed by atoms with van der Waals surface area (Å²) in [6.45, 7) is 4.00. The molecule has 2 rings (SSSR count). The third-order valence-corrected chi connectivity index (χ3v) is 3.81. The average Bonchev–Trinajstić information content (AvgIpc) is 2.76. The van der Waals surface area contributed by atoms with Crippen molar-refractivity contribution < 1.29 is 0 Å². The molecule has 0 spiro atoms. The maximum atomic E-state index is 6.07. The summed E-state index contributed by atoms with van der Waals surface area (Å²) in [5, 5.41) is 4.13. The molecule has 0 aliphatic rings. The predicted octanol–water partition coefficient (Wildman–Crippen LogP) is 4.33. The van der Waals surface area contributed by atoms with Gasteiger partial charge in [-0.15, -0.1) is 11.3 Å². The summed E-state index contributed by atoms with van der Waals surface area (Å²) in [5.74, 6) is 0. The van der Waals surface area contributed by atoms with Crippen LogP contribution in [-0.4, -0.2) is 9.97 Å². The summed E-state index contributed by atoms with van der Waals surface area (Å²) in [7, 11) is 0. The van der Waals surface area contributed by atoms with E-state index in [4.69, 9.17) is 23.2 Å². The SMILES string of the molecule is Cc1cc(Cl)nc(Cl)c1NC(C)c1cncs1. The van der Waals surface area contributed by atoms with Gasteiger partial charge in [0.05, 0.1) is 17.2 Å². The first-order valence-electron chi connectivity index (χ1n) is 5.05. The van der Waals surface area contributed by atoms with Crippen LogP contribution in [0.5, 0.6) is 0 Å². The van der Waals surface area contributed by atoms with Gasteiger partial charge in [-0.25, -0.2) is 4.98 Å². The number of anilines is 1. The van der Waals surface area contributed by atoms with Gasteiger partial charge in [0.15, 0.2) is 5.15 Å². The van der Waals surface area contributed by atoms with Crippen molar-refractivity contribution >= 4 is 40.2 Å². The minimum absolute atomic E-state index is 0.140. The fourth-order valence-electron chi connectivity index (χ4n) is 1.50. The van der Waals surface area contributed by atoms with E-state index < -0.39 is 0 Å². The lowest BCUT2D eigenvalue weighted by Gasteiger charge is -2.16. The van der Waals surface area contributed by atoms with E-state index >= 15 is 0 Å². The normalized spacial score (nSPS) is 12.5. The smallest absolute Gasteiger partial charge is 0.154 e. The molecule has 1 N–H and O–H groups in total. The van der Waals surface area contributed by atoms with E-state index in [0.717, 1.165) is 16.1 Å². The van der Waals surface area contributed by atoms with Crippen LogP contribution in [0.25, 0.3) is 0 Å². The van der Waals surface area contributed by atoms with Gasteiger partial charge in [-0.05, 0) is 25.5 Å². The van der Waals surface area contributed by atoms with Crippen molar-refractivity contribution in [3.63, 3.8) is 0 Å². The number of halogens is 2. The highest BCUT2D eigenvalue weighted by Crippen LogP contribution is 2.30. The van der Waals surface area contributed by atoms with Crippen LogP contribution >= 0.6 is 34.5 Å². The van der Waals surface area contributed by atoms with Crippen molar-refractivity contribution in [2.24, 2.45) is 0 Å². The summed E-state index contributed by atoms with van der Waals surface area (Å²) >= 11 is 13.5.